The van der Waals surface area contributed by atoms with Gasteiger partial charge in [0.2, 0.25) is 11.0 Å². The van der Waals surface area contributed by atoms with E-state index < -0.39 is 0 Å². The van der Waals surface area contributed by atoms with Crippen LogP contribution in [0.3, 0.4) is 0 Å². The van der Waals surface area contributed by atoms with E-state index in [0.29, 0.717) is 24.4 Å². The van der Waals surface area contributed by atoms with Crippen LogP contribution in [0, 0.1) is 0 Å². The van der Waals surface area contributed by atoms with Crippen molar-refractivity contribution in [3.63, 3.8) is 0 Å². The number of ether oxygens (including phenoxy) is 1. The van der Waals surface area contributed by atoms with Crippen molar-refractivity contribution in [3.05, 3.63) is 36.0 Å². The third kappa shape index (κ3) is 4.80. The molecule has 0 unspecified atom stereocenters. The first-order chi connectivity index (χ1) is 11.6. The molecule has 0 saturated carbocycles. The van der Waals surface area contributed by atoms with Gasteiger partial charge in [0.15, 0.2) is 0 Å². The van der Waals surface area contributed by atoms with E-state index in [4.69, 9.17) is 9.26 Å². The zero-order chi connectivity index (χ0) is 17.4. The molecule has 0 saturated heterocycles. The van der Waals surface area contributed by atoms with Crippen molar-refractivity contribution in [1.29, 1.82) is 0 Å². The van der Waals surface area contributed by atoms with Crippen LogP contribution in [0.2, 0.25) is 0 Å². The Morgan fingerprint density at radius 2 is 2.00 bits per heavy atom. The van der Waals surface area contributed by atoms with Gasteiger partial charge in [0.25, 0.3) is 6.20 Å². The van der Waals surface area contributed by atoms with E-state index in [1.165, 1.54) is 4.68 Å². The van der Waals surface area contributed by atoms with E-state index in [1.54, 1.807) is 37.4 Å². The van der Waals surface area contributed by atoms with E-state index in [9.17, 15) is 9.59 Å². The molecule has 0 bridgehead atoms. The molecule has 0 aliphatic rings. The number of nitrogens with zero attached hydrogens (tertiary/aromatic N) is 2. The molecule has 8 nitrogen and oxygen atoms in total. The SMILES string of the molecule is CCCCNC(=O)Nc1c[n+](-c2ccc(C(=O)OCC)cc2)no1. The van der Waals surface area contributed by atoms with E-state index in [1.807, 2.05) is 6.92 Å². The molecule has 0 spiro atoms. The smallest absolute Gasteiger partial charge is 0.338 e. The number of hydrogen-bond acceptors (Lipinski definition) is 5. The molecule has 128 valence electrons. The maximum absolute atomic E-state index is 11.6. The average Bonchev–Trinajstić information content (AvgIpc) is 3.04. The summed E-state index contributed by atoms with van der Waals surface area (Å²) in [6, 6.07) is 6.35. The highest BCUT2D eigenvalue weighted by Crippen LogP contribution is 2.08. The lowest BCUT2D eigenvalue weighted by atomic mass is 10.2. The topological polar surface area (TPSA) is 97.3 Å². The van der Waals surface area contributed by atoms with Crippen LogP contribution in [0.5, 0.6) is 0 Å². The molecule has 0 fully saturated rings. The molecule has 2 amide bonds. The molecule has 8 heteroatoms. The minimum absolute atomic E-state index is 0.221. The summed E-state index contributed by atoms with van der Waals surface area (Å²) in [6.07, 6.45) is 3.46. The number of nitrogens with one attached hydrogen (secondary N) is 2. The summed E-state index contributed by atoms with van der Waals surface area (Å²) in [7, 11) is 0. The number of carbonyl (C=O) groups is 2. The lowest BCUT2D eigenvalue weighted by Crippen LogP contribution is -2.32. The number of aromatic nitrogens is 2. The number of urea groups is 1. The first kappa shape index (κ1) is 17.5. The molecule has 1 aromatic carbocycles. The fourth-order valence-corrected chi connectivity index (χ4v) is 1.92. The number of hydrogen-bond donors (Lipinski definition) is 2. The molecular formula is C16H21N4O4+. The number of benzene rings is 1. The normalized spacial score (nSPS) is 10.2. The van der Waals surface area contributed by atoms with Gasteiger partial charge in [-0.05, 0) is 30.2 Å². The summed E-state index contributed by atoms with van der Waals surface area (Å²) < 4.78 is 11.4. The van der Waals surface area contributed by atoms with Crippen molar-refractivity contribution in [2.45, 2.75) is 26.7 Å². The molecule has 2 aromatic rings. The predicted molar refractivity (Wildman–Crippen MR) is 85.9 cm³/mol. The van der Waals surface area contributed by atoms with E-state index in [0.717, 1.165) is 12.8 Å². The lowest BCUT2D eigenvalue weighted by molar-refractivity contribution is -0.670. The molecule has 2 rings (SSSR count). The van der Waals surface area contributed by atoms with Gasteiger partial charge >= 0.3 is 17.9 Å². The molecule has 1 heterocycles. The Kier molecular flexibility index (Phi) is 6.30. The third-order valence-electron chi connectivity index (χ3n) is 3.16. The van der Waals surface area contributed by atoms with Crippen LogP contribution in [0.15, 0.2) is 35.0 Å². The largest absolute Gasteiger partial charge is 0.462 e. The van der Waals surface area contributed by atoms with Crippen molar-refractivity contribution in [3.8, 4) is 5.69 Å². The first-order valence-electron chi connectivity index (χ1n) is 7.85. The number of carbonyl (C=O) groups excluding carboxylic acids is 2. The molecular weight excluding hydrogens is 312 g/mol. The third-order valence-corrected chi connectivity index (χ3v) is 3.16. The molecule has 0 radical (unpaired) electrons. The summed E-state index contributed by atoms with van der Waals surface area (Å²) in [5.74, 6) is -0.154. The highest BCUT2D eigenvalue weighted by Gasteiger charge is 2.17. The van der Waals surface area contributed by atoms with Gasteiger partial charge < -0.3 is 10.1 Å². The second kappa shape index (κ2) is 8.66. The lowest BCUT2D eigenvalue weighted by Gasteiger charge is -2.01. The highest BCUT2D eigenvalue weighted by molar-refractivity contribution is 5.89. The number of rotatable bonds is 7. The number of esters is 1. The van der Waals surface area contributed by atoms with Crippen molar-refractivity contribution in [1.82, 2.24) is 10.6 Å². The number of unbranched alkanes of at least 4 members (excludes halogenated alkanes) is 1. The van der Waals surface area contributed by atoms with Gasteiger partial charge in [-0.1, -0.05) is 13.3 Å². The summed E-state index contributed by atoms with van der Waals surface area (Å²) in [4.78, 5) is 23.3. The quantitative estimate of drug-likeness (QED) is 0.459. The maximum Gasteiger partial charge on any atom is 0.338 e. The Hall–Kier alpha value is -2.90. The van der Waals surface area contributed by atoms with Crippen LogP contribution in [0.4, 0.5) is 10.7 Å². The first-order valence-corrected chi connectivity index (χ1v) is 7.85. The predicted octanol–water partition coefficient (Wildman–Crippen LogP) is 2.05. The van der Waals surface area contributed by atoms with Crippen LogP contribution < -0.4 is 15.3 Å². The Balaban J connectivity index is 1.97. The van der Waals surface area contributed by atoms with Crippen LogP contribution in [0.1, 0.15) is 37.0 Å². The monoisotopic (exact) mass is 333 g/mol. The Bertz CT molecular complexity index is 682. The van der Waals surface area contributed by atoms with Gasteiger partial charge in [-0.25, -0.2) is 9.59 Å². The van der Waals surface area contributed by atoms with Crippen LogP contribution in [0.25, 0.3) is 5.69 Å². The Morgan fingerprint density at radius 1 is 1.25 bits per heavy atom. The number of amides is 2. The van der Waals surface area contributed by atoms with Crippen molar-refractivity contribution < 1.29 is 23.5 Å². The molecule has 1 aromatic heterocycles. The molecule has 0 aliphatic heterocycles. The zero-order valence-electron chi connectivity index (χ0n) is 13.7. The molecule has 24 heavy (non-hydrogen) atoms. The maximum atomic E-state index is 11.6. The van der Waals surface area contributed by atoms with Gasteiger partial charge in [0.05, 0.1) is 12.2 Å². The van der Waals surface area contributed by atoms with Crippen molar-refractivity contribution in [2.75, 3.05) is 18.5 Å². The van der Waals surface area contributed by atoms with Gasteiger partial charge in [0.1, 0.15) is 0 Å². The highest BCUT2D eigenvalue weighted by atomic mass is 16.5. The Labute approximate surface area is 139 Å². The van der Waals surface area contributed by atoms with Gasteiger partial charge in [-0.2, -0.15) is 0 Å². The fourth-order valence-electron chi connectivity index (χ4n) is 1.92. The molecule has 2 N–H and O–H groups in total. The Morgan fingerprint density at radius 3 is 2.67 bits per heavy atom. The number of anilines is 1. The second-order valence-electron chi connectivity index (χ2n) is 5.01. The minimum atomic E-state index is -0.375. The molecule has 0 aliphatic carbocycles. The van der Waals surface area contributed by atoms with Crippen LogP contribution >= 0.6 is 0 Å². The van der Waals surface area contributed by atoms with Gasteiger partial charge in [-0.3, -0.25) is 9.84 Å². The average molecular weight is 333 g/mol. The van der Waals surface area contributed by atoms with Gasteiger partial charge in [-0.15, -0.1) is 0 Å². The van der Waals surface area contributed by atoms with E-state index in [-0.39, 0.29) is 17.9 Å². The van der Waals surface area contributed by atoms with Crippen LogP contribution in [-0.2, 0) is 4.74 Å². The van der Waals surface area contributed by atoms with Crippen LogP contribution in [-0.4, -0.2) is 30.4 Å². The van der Waals surface area contributed by atoms with Crippen molar-refractivity contribution in [2.24, 2.45) is 0 Å². The molecule has 0 atom stereocenters. The van der Waals surface area contributed by atoms with E-state index >= 15 is 0 Å². The second-order valence-corrected chi connectivity index (χ2v) is 5.01. The summed E-state index contributed by atoms with van der Waals surface area (Å²) >= 11 is 0. The standard InChI is InChI=1S/C16H20N4O4/c1-3-5-10-17-16(22)18-14-11-20(19-24-14)13-8-6-12(7-9-13)15(21)23-4-2/h6-9,11H,3-5,10H2,1-2H3,(H-,17,18,19,22)/p+1. The van der Waals surface area contributed by atoms with E-state index in [2.05, 4.69) is 15.9 Å². The summed E-state index contributed by atoms with van der Waals surface area (Å²) in [5.41, 5.74) is 1.14. The fraction of sp³-hybridized carbons (Fsp3) is 0.375. The van der Waals surface area contributed by atoms with Gasteiger partial charge in [0, 0.05) is 18.7 Å². The zero-order valence-corrected chi connectivity index (χ0v) is 13.7. The van der Waals surface area contributed by atoms with Crippen molar-refractivity contribution >= 4 is 17.9 Å². The minimum Gasteiger partial charge on any atom is -0.462 e. The summed E-state index contributed by atoms with van der Waals surface area (Å²) in [6.45, 7) is 4.73. The summed E-state index contributed by atoms with van der Waals surface area (Å²) in [5, 5.41) is 9.11.